The van der Waals surface area contributed by atoms with Crippen LogP contribution in [0.15, 0.2) is 60.9 Å². The highest BCUT2D eigenvalue weighted by Crippen LogP contribution is 2.14. The summed E-state index contributed by atoms with van der Waals surface area (Å²) in [5.41, 5.74) is 2.80. The number of esters is 1. The number of imidazole rings is 1. The van der Waals surface area contributed by atoms with Gasteiger partial charge in [-0.1, -0.05) is 35.9 Å². The highest BCUT2D eigenvalue weighted by Gasteiger charge is 2.07. The van der Waals surface area contributed by atoms with Crippen LogP contribution in [0.1, 0.15) is 27.3 Å². The van der Waals surface area contributed by atoms with Gasteiger partial charge in [-0.2, -0.15) is 0 Å². The third-order valence-electron chi connectivity index (χ3n) is 3.81. The third kappa shape index (κ3) is 3.84. The van der Waals surface area contributed by atoms with Gasteiger partial charge in [0.15, 0.2) is 0 Å². The zero-order valence-electron chi connectivity index (χ0n) is 13.3. The maximum Gasteiger partial charge on any atom is 0.337 e. The van der Waals surface area contributed by atoms with Crippen molar-refractivity contribution in [1.82, 2.24) is 9.55 Å². The molecular formula is C19H17ClN2O2. The van der Waals surface area contributed by atoms with Crippen molar-refractivity contribution in [3.63, 3.8) is 0 Å². The van der Waals surface area contributed by atoms with Crippen LogP contribution in [0.4, 0.5) is 0 Å². The van der Waals surface area contributed by atoms with Gasteiger partial charge in [-0.05, 0) is 35.4 Å². The highest BCUT2D eigenvalue weighted by molar-refractivity contribution is 6.30. The molecule has 0 aliphatic heterocycles. The van der Waals surface area contributed by atoms with Gasteiger partial charge in [0.05, 0.1) is 12.7 Å². The molecule has 0 spiro atoms. The Kier molecular flexibility index (Phi) is 4.96. The van der Waals surface area contributed by atoms with Gasteiger partial charge in [0.25, 0.3) is 0 Å². The van der Waals surface area contributed by atoms with Crippen LogP contribution in [0, 0.1) is 0 Å². The number of benzene rings is 2. The lowest BCUT2D eigenvalue weighted by Crippen LogP contribution is -2.06. The van der Waals surface area contributed by atoms with Crippen molar-refractivity contribution in [2.24, 2.45) is 0 Å². The summed E-state index contributed by atoms with van der Waals surface area (Å²) in [5, 5.41) is 0.729. The summed E-state index contributed by atoms with van der Waals surface area (Å²) in [6, 6.07) is 15.2. The minimum Gasteiger partial charge on any atom is -0.465 e. The molecule has 0 atom stereocenters. The third-order valence-corrected chi connectivity index (χ3v) is 4.06. The molecular weight excluding hydrogens is 324 g/mol. The fraction of sp³-hybridized carbons (Fsp3) is 0.158. The van der Waals surface area contributed by atoms with Crippen molar-refractivity contribution in [3.05, 3.63) is 88.5 Å². The molecule has 0 unspecified atom stereocenters. The number of carbonyl (C=O) groups is 1. The summed E-state index contributed by atoms with van der Waals surface area (Å²) in [4.78, 5) is 15.9. The number of nitrogens with zero attached hydrogens (tertiary/aromatic N) is 2. The molecule has 0 aliphatic rings. The molecule has 0 fully saturated rings. The fourth-order valence-corrected chi connectivity index (χ4v) is 2.62. The predicted molar refractivity (Wildman–Crippen MR) is 93.4 cm³/mol. The lowest BCUT2D eigenvalue weighted by atomic mass is 10.1. The van der Waals surface area contributed by atoms with E-state index in [2.05, 4.69) is 9.55 Å². The maximum atomic E-state index is 11.5. The van der Waals surface area contributed by atoms with E-state index < -0.39 is 0 Å². The molecule has 122 valence electrons. The Hall–Kier alpha value is -2.59. The van der Waals surface area contributed by atoms with Crippen LogP contribution in [0.25, 0.3) is 0 Å². The van der Waals surface area contributed by atoms with E-state index in [1.54, 1.807) is 18.3 Å². The van der Waals surface area contributed by atoms with Crippen molar-refractivity contribution in [1.29, 1.82) is 0 Å². The second-order valence-electron chi connectivity index (χ2n) is 5.46. The molecule has 3 aromatic rings. The topological polar surface area (TPSA) is 44.1 Å². The van der Waals surface area contributed by atoms with E-state index in [0.29, 0.717) is 12.1 Å². The van der Waals surface area contributed by atoms with Gasteiger partial charge in [0.2, 0.25) is 0 Å². The van der Waals surface area contributed by atoms with E-state index in [1.807, 2.05) is 42.6 Å². The molecule has 24 heavy (non-hydrogen) atoms. The monoisotopic (exact) mass is 340 g/mol. The molecule has 0 aliphatic carbocycles. The van der Waals surface area contributed by atoms with Gasteiger partial charge >= 0.3 is 5.97 Å². The van der Waals surface area contributed by atoms with Crippen molar-refractivity contribution >= 4 is 17.6 Å². The minimum atomic E-state index is -0.326. The molecule has 0 bridgehead atoms. The van der Waals surface area contributed by atoms with Crippen LogP contribution in [-0.2, 0) is 17.7 Å². The summed E-state index contributed by atoms with van der Waals surface area (Å²) in [7, 11) is 1.38. The van der Waals surface area contributed by atoms with Crippen molar-refractivity contribution in [3.8, 4) is 0 Å². The molecule has 0 radical (unpaired) electrons. The first-order valence-electron chi connectivity index (χ1n) is 7.57. The standard InChI is InChI=1S/C19H17ClN2O2/c1-24-19(23)16-6-2-15(3-7-16)13-22-11-10-21-18(22)12-14-4-8-17(20)9-5-14/h2-11H,12-13H2,1H3. The summed E-state index contributed by atoms with van der Waals surface area (Å²) in [6.45, 7) is 0.699. The summed E-state index contributed by atoms with van der Waals surface area (Å²) in [6.07, 6.45) is 4.50. The van der Waals surface area contributed by atoms with Gasteiger partial charge in [-0.3, -0.25) is 0 Å². The largest absolute Gasteiger partial charge is 0.465 e. The van der Waals surface area contributed by atoms with Gasteiger partial charge in [-0.15, -0.1) is 0 Å². The van der Waals surface area contributed by atoms with Crippen LogP contribution in [-0.4, -0.2) is 22.6 Å². The average molecular weight is 341 g/mol. The maximum absolute atomic E-state index is 11.5. The molecule has 0 saturated carbocycles. The first kappa shape index (κ1) is 16.3. The molecule has 3 rings (SSSR count). The van der Waals surface area contributed by atoms with E-state index in [4.69, 9.17) is 16.3 Å². The van der Waals surface area contributed by atoms with E-state index in [-0.39, 0.29) is 5.97 Å². The number of hydrogen-bond acceptors (Lipinski definition) is 3. The SMILES string of the molecule is COC(=O)c1ccc(Cn2ccnc2Cc2ccc(Cl)cc2)cc1. The quantitative estimate of drug-likeness (QED) is 0.660. The normalized spacial score (nSPS) is 10.6. The number of aromatic nitrogens is 2. The Morgan fingerprint density at radius 3 is 2.42 bits per heavy atom. The predicted octanol–water partition coefficient (Wildman–Crippen LogP) is 3.96. The number of methoxy groups -OCH3 is 1. The average Bonchev–Trinajstić information content (AvgIpc) is 3.03. The zero-order valence-corrected chi connectivity index (χ0v) is 14.0. The van der Waals surface area contributed by atoms with Crippen LogP contribution in [0.3, 0.4) is 0 Å². The van der Waals surface area contributed by atoms with E-state index >= 15 is 0 Å². The van der Waals surface area contributed by atoms with E-state index in [1.165, 1.54) is 7.11 Å². The fourth-order valence-electron chi connectivity index (χ4n) is 2.50. The first-order chi connectivity index (χ1) is 11.7. The second-order valence-corrected chi connectivity index (χ2v) is 5.90. The molecule has 0 amide bonds. The number of halogens is 1. The number of ether oxygens (including phenoxy) is 1. The Morgan fingerprint density at radius 1 is 1.08 bits per heavy atom. The Bertz CT molecular complexity index is 823. The molecule has 4 nitrogen and oxygen atoms in total. The van der Waals surface area contributed by atoms with Crippen LogP contribution < -0.4 is 0 Å². The lowest BCUT2D eigenvalue weighted by Gasteiger charge is -2.09. The number of carbonyl (C=O) groups excluding carboxylic acids is 1. The summed E-state index contributed by atoms with van der Waals surface area (Å²) >= 11 is 5.92. The van der Waals surface area contributed by atoms with Gasteiger partial charge in [-0.25, -0.2) is 9.78 Å². The van der Waals surface area contributed by atoms with Crippen LogP contribution in [0.5, 0.6) is 0 Å². The molecule has 0 saturated heterocycles. The van der Waals surface area contributed by atoms with Crippen molar-refractivity contribution in [2.75, 3.05) is 7.11 Å². The second kappa shape index (κ2) is 7.32. The van der Waals surface area contributed by atoms with Crippen LogP contribution >= 0.6 is 11.6 Å². The molecule has 1 aromatic heterocycles. The zero-order chi connectivity index (χ0) is 16.9. The van der Waals surface area contributed by atoms with E-state index in [0.717, 1.165) is 28.4 Å². The molecule has 5 heteroatoms. The number of rotatable bonds is 5. The molecule has 2 aromatic carbocycles. The molecule has 1 heterocycles. The highest BCUT2D eigenvalue weighted by atomic mass is 35.5. The smallest absolute Gasteiger partial charge is 0.337 e. The van der Waals surface area contributed by atoms with Gasteiger partial charge in [0, 0.05) is 30.4 Å². The lowest BCUT2D eigenvalue weighted by molar-refractivity contribution is 0.0600. The first-order valence-corrected chi connectivity index (χ1v) is 7.95. The Balaban J connectivity index is 1.73. The number of hydrogen-bond donors (Lipinski definition) is 0. The van der Waals surface area contributed by atoms with Gasteiger partial charge in [0.1, 0.15) is 5.82 Å². The van der Waals surface area contributed by atoms with E-state index in [9.17, 15) is 4.79 Å². The van der Waals surface area contributed by atoms with Crippen molar-refractivity contribution < 1.29 is 9.53 Å². The Labute approximate surface area is 145 Å². The molecule has 0 N–H and O–H groups in total. The van der Waals surface area contributed by atoms with Gasteiger partial charge < -0.3 is 9.30 Å². The summed E-state index contributed by atoms with van der Waals surface area (Å²) in [5.74, 6) is 0.655. The van der Waals surface area contributed by atoms with Crippen molar-refractivity contribution in [2.45, 2.75) is 13.0 Å². The van der Waals surface area contributed by atoms with Crippen LogP contribution in [0.2, 0.25) is 5.02 Å². The Morgan fingerprint density at radius 2 is 1.75 bits per heavy atom. The minimum absolute atomic E-state index is 0.326. The summed E-state index contributed by atoms with van der Waals surface area (Å²) < 4.78 is 6.81.